The highest BCUT2D eigenvalue weighted by Crippen LogP contribution is 2.34. The Morgan fingerprint density at radius 2 is 1.95 bits per heavy atom. The molecule has 1 atom stereocenters. The summed E-state index contributed by atoms with van der Waals surface area (Å²) in [5.41, 5.74) is 1.22. The van der Waals surface area contributed by atoms with Gasteiger partial charge in [-0.25, -0.2) is 0 Å². The standard InChI is InChI=1S/C17H20O2/c18-12-17(9-4-10-19-13-17)11-15-7-3-6-14-5-1-2-8-16(14)15/h1-3,5-8,18H,4,9-13H2. The maximum Gasteiger partial charge on any atom is 0.0547 e. The Bertz CT molecular complexity index is 551. The van der Waals surface area contributed by atoms with Crippen LogP contribution >= 0.6 is 0 Å². The molecule has 2 aromatic rings. The molecule has 1 N–H and O–H groups in total. The third-order valence-electron chi connectivity index (χ3n) is 4.18. The Kier molecular flexibility index (Phi) is 3.54. The molecule has 0 aromatic heterocycles. The molecule has 3 rings (SSSR count). The van der Waals surface area contributed by atoms with E-state index in [9.17, 15) is 5.11 Å². The summed E-state index contributed by atoms with van der Waals surface area (Å²) in [4.78, 5) is 0. The second-order valence-electron chi connectivity index (χ2n) is 5.63. The molecule has 1 saturated heterocycles. The zero-order chi connectivity index (χ0) is 13.1. The van der Waals surface area contributed by atoms with Crippen LogP contribution in [0.15, 0.2) is 42.5 Å². The molecule has 1 heterocycles. The summed E-state index contributed by atoms with van der Waals surface area (Å²) in [6.45, 7) is 1.71. The minimum Gasteiger partial charge on any atom is -0.396 e. The second-order valence-corrected chi connectivity index (χ2v) is 5.63. The van der Waals surface area contributed by atoms with Gasteiger partial charge >= 0.3 is 0 Å². The second kappa shape index (κ2) is 5.32. The first-order chi connectivity index (χ1) is 9.33. The van der Waals surface area contributed by atoms with Crippen molar-refractivity contribution >= 4 is 10.8 Å². The van der Waals surface area contributed by atoms with Gasteiger partial charge in [0.05, 0.1) is 13.2 Å². The molecule has 2 aromatic carbocycles. The van der Waals surface area contributed by atoms with E-state index in [2.05, 4.69) is 42.5 Å². The van der Waals surface area contributed by atoms with Crippen LogP contribution in [0, 0.1) is 5.41 Å². The number of aliphatic hydroxyl groups is 1. The number of hydrogen-bond donors (Lipinski definition) is 1. The highest BCUT2D eigenvalue weighted by atomic mass is 16.5. The minimum atomic E-state index is -0.0949. The fourth-order valence-electron chi connectivity index (χ4n) is 3.08. The van der Waals surface area contributed by atoms with Gasteiger partial charge in [0, 0.05) is 12.0 Å². The SMILES string of the molecule is OCC1(Cc2cccc3ccccc23)CCCOC1. The van der Waals surface area contributed by atoms with Crippen molar-refractivity contribution in [3.63, 3.8) is 0 Å². The average molecular weight is 256 g/mol. The van der Waals surface area contributed by atoms with Crippen molar-refractivity contribution < 1.29 is 9.84 Å². The maximum atomic E-state index is 9.79. The third kappa shape index (κ3) is 2.51. The van der Waals surface area contributed by atoms with Crippen LogP contribution in [-0.2, 0) is 11.2 Å². The van der Waals surface area contributed by atoms with E-state index in [4.69, 9.17) is 4.74 Å². The van der Waals surface area contributed by atoms with Gasteiger partial charge in [-0.3, -0.25) is 0 Å². The summed E-state index contributed by atoms with van der Waals surface area (Å²) in [6.07, 6.45) is 2.99. The van der Waals surface area contributed by atoms with E-state index in [1.807, 2.05) is 0 Å². The van der Waals surface area contributed by atoms with E-state index in [1.54, 1.807) is 0 Å². The first-order valence-electron chi connectivity index (χ1n) is 6.98. The predicted octanol–water partition coefficient (Wildman–Crippen LogP) is 3.17. The molecular weight excluding hydrogens is 236 g/mol. The number of rotatable bonds is 3. The molecule has 19 heavy (non-hydrogen) atoms. The van der Waals surface area contributed by atoms with E-state index in [0.717, 1.165) is 25.9 Å². The summed E-state index contributed by atoms with van der Waals surface area (Å²) in [6, 6.07) is 14.9. The van der Waals surface area contributed by atoms with Gasteiger partial charge in [-0.1, -0.05) is 42.5 Å². The fourth-order valence-corrected chi connectivity index (χ4v) is 3.08. The van der Waals surface area contributed by atoms with Crippen LogP contribution in [0.3, 0.4) is 0 Å². The normalized spacial score (nSPS) is 23.6. The fraction of sp³-hybridized carbons (Fsp3) is 0.412. The van der Waals surface area contributed by atoms with E-state index in [-0.39, 0.29) is 12.0 Å². The van der Waals surface area contributed by atoms with Crippen LogP contribution in [0.2, 0.25) is 0 Å². The molecule has 1 aliphatic rings. The Morgan fingerprint density at radius 3 is 2.74 bits per heavy atom. The number of ether oxygens (including phenoxy) is 1. The number of aliphatic hydroxyl groups excluding tert-OH is 1. The minimum absolute atomic E-state index is 0.0949. The lowest BCUT2D eigenvalue weighted by atomic mass is 9.77. The Balaban J connectivity index is 1.96. The molecule has 2 heteroatoms. The van der Waals surface area contributed by atoms with E-state index < -0.39 is 0 Å². The van der Waals surface area contributed by atoms with Crippen molar-refractivity contribution in [1.29, 1.82) is 0 Å². The predicted molar refractivity (Wildman–Crippen MR) is 77.2 cm³/mol. The maximum absolute atomic E-state index is 9.79. The molecule has 1 fully saturated rings. The molecule has 0 spiro atoms. The zero-order valence-corrected chi connectivity index (χ0v) is 11.1. The van der Waals surface area contributed by atoms with Crippen LogP contribution in [0.4, 0.5) is 0 Å². The number of fused-ring (bicyclic) bond motifs is 1. The van der Waals surface area contributed by atoms with Crippen molar-refractivity contribution in [3.05, 3.63) is 48.0 Å². The highest BCUT2D eigenvalue weighted by Gasteiger charge is 2.32. The quantitative estimate of drug-likeness (QED) is 0.914. The Morgan fingerprint density at radius 1 is 1.11 bits per heavy atom. The van der Waals surface area contributed by atoms with Crippen LogP contribution in [0.5, 0.6) is 0 Å². The third-order valence-corrected chi connectivity index (χ3v) is 4.18. The van der Waals surface area contributed by atoms with Crippen molar-refractivity contribution in [3.8, 4) is 0 Å². The van der Waals surface area contributed by atoms with Gasteiger partial charge in [-0.15, -0.1) is 0 Å². The van der Waals surface area contributed by atoms with Crippen molar-refractivity contribution in [2.24, 2.45) is 5.41 Å². The molecule has 0 saturated carbocycles. The van der Waals surface area contributed by atoms with Gasteiger partial charge in [-0.05, 0) is 35.6 Å². The number of benzene rings is 2. The van der Waals surface area contributed by atoms with Crippen LogP contribution in [0.1, 0.15) is 18.4 Å². The largest absolute Gasteiger partial charge is 0.396 e. The highest BCUT2D eigenvalue weighted by molar-refractivity contribution is 5.85. The topological polar surface area (TPSA) is 29.5 Å². The van der Waals surface area contributed by atoms with Gasteiger partial charge in [0.1, 0.15) is 0 Å². The Hall–Kier alpha value is -1.38. The molecule has 1 unspecified atom stereocenters. The molecule has 0 radical (unpaired) electrons. The average Bonchev–Trinajstić information content (AvgIpc) is 2.49. The summed E-state index contributed by atoms with van der Waals surface area (Å²) in [5.74, 6) is 0. The van der Waals surface area contributed by atoms with Crippen LogP contribution < -0.4 is 0 Å². The monoisotopic (exact) mass is 256 g/mol. The molecule has 1 aliphatic heterocycles. The lowest BCUT2D eigenvalue weighted by molar-refractivity contribution is -0.0377. The molecule has 0 bridgehead atoms. The smallest absolute Gasteiger partial charge is 0.0547 e. The van der Waals surface area contributed by atoms with Crippen molar-refractivity contribution in [2.45, 2.75) is 19.3 Å². The lowest BCUT2D eigenvalue weighted by Gasteiger charge is -2.35. The van der Waals surface area contributed by atoms with Crippen LogP contribution in [0.25, 0.3) is 10.8 Å². The Labute approximate surface area is 114 Å². The molecule has 0 amide bonds. The summed E-state index contributed by atoms with van der Waals surface area (Å²) in [5, 5.41) is 12.4. The zero-order valence-electron chi connectivity index (χ0n) is 11.1. The van der Waals surface area contributed by atoms with E-state index >= 15 is 0 Å². The van der Waals surface area contributed by atoms with Gasteiger partial charge in [-0.2, -0.15) is 0 Å². The molecule has 0 aliphatic carbocycles. The first kappa shape index (κ1) is 12.6. The van der Waals surface area contributed by atoms with Gasteiger partial charge in [0.25, 0.3) is 0 Å². The summed E-state index contributed by atoms with van der Waals surface area (Å²) in [7, 11) is 0. The van der Waals surface area contributed by atoms with Gasteiger partial charge in [0.2, 0.25) is 0 Å². The number of hydrogen-bond acceptors (Lipinski definition) is 2. The molecular formula is C17H20O2. The van der Waals surface area contributed by atoms with Crippen molar-refractivity contribution in [1.82, 2.24) is 0 Å². The summed E-state index contributed by atoms with van der Waals surface area (Å²) < 4.78 is 5.60. The lowest BCUT2D eigenvalue weighted by Crippen LogP contribution is -2.37. The van der Waals surface area contributed by atoms with Crippen molar-refractivity contribution in [2.75, 3.05) is 19.8 Å². The van der Waals surface area contributed by atoms with Gasteiger partial charge < -0.3 is 9.84 Å². The van der Waals surface area contributed by atoms with E-state index in [0.29, 0.717) is 6.61 Å². The summed E-state index contributed by atoms with van der Waals surface area (Å²) >= 11 is 0. The molecule has 100 valence electrons. The first-order valence-corrected chi connectivity index (χ1v) is 6.98. The van der Waals surface area contributed by atoms with Gasteiger partial charge in [0.15, 0.2) is 0 Å². The van der Waals surface area contributed by atoms with E-state index in [1.165, 1.54) is 16.3 Å². The molecule has 2 nitrogen and oxygen atoms in total. The van der Waals surface area contributed by atoms with Crippen LogP contribution in [-0.4, -0.2) is 24.9 Å².